The number of methoxy groups -OCH3 is 1. The Balaban J connectivity index is 1.95. The van der Waals surface area contributed by atoms with Gasteiger partial charge in [0.05, 0.1) is 12.0 Å². The number of carbonyl (C=O) groups is 1. The SMILES string of the molecule is COc1ccc(C(=O)N/C(=N/c2nc(C)cc(C)n2)Nc2ccc(F)c([N+](=O)[O-])c2)cc1. The fourth-order valence-electron chi connectivity index (χ4n) is 2.73. The summed E-state index contributed by atoms with van der Waals surface area (Å²) in [4.78, 5) is 35.6. The number of aliphatic imine (C=N–C) groups is 1. The van der Waals surface area contributed by atoms with Crippen LogP contribution in [-0.2, 0) is 0 Å². The number of carbonyl (C=O) groups excluding carboxylic acids is 1. The molecule has 0 saturated carbocycles. The van der Waals surface area contributed by atoms with E-state index in [1.54, 1.807) is 44.2 Å². The van der Waals surface area contributed by atoms with Crippen molar-refractivity contribution in [2.45, 2.75) is 13.8 Å². The molecule has 0 atom stereocenters. The third-order valence-corrected chi connectivity index (χ3v) is 4.17. The average Bonchev–Trinajstić information content (AvgIpc) is 2.74. The average molecular weight is 438 g/mol. The van der Waals surface area contributed by atoms with Crippen molar-refractivity contribution in [3.8, 4) is 5.75 Å². The minimum atomic E-state index is -0.987. The Kier molecular flexibility index (Phi) is 6.68. The summed E-state index contributed by atoms with van der Waals surface area (Å²) in [5, 5.41) is 16.4. The van der Waals surface area contributed by atoms with Crippen molar-refractivity contribution in [3.63, 3.8) is 0 Å². The number of ether oxygens (including phenoxy) is 1. The zero-order valence-electron chi connectivity index (χ0n) is 17.4. The van der Waals surface area contributed by atoms with E-state index in [2.05, 4.69) is 25.6 Å². The molecule has 32 heavy (non-hydrogen) atoms. The quantitative estimate of drug-likeness (QED) is 0.269. The van der Waals surface area contributed by atoms with Gasteiger partial charge in [0.1, 0.15) is 5.75 Å². The molecule has 3 rings (SSSR count). The number of nitro benzene ring substituents is 1. The first kappa shape index (κ1) is 22.3. The van der Waals surface area contributed by atoms with Crippen molar-refractivity contribution < 1.29 is 18.8 Å². The number of rotatable bonds is 5. The molecule has 10 nitrogen and oxygen atoms in total. The highest BCUT2D eigenvalue weighted by atomic mass is 19.1. The van der Waals surface area contributed by atoms with Crippen molar-refractivity contribution in [1.29, 1.82) is 0 Å². The number of anilines is 1. The van der Waals surface area contributed by atoms with Crippen LogP contribution in [0.1, 0.15) is 21.7 Å². The van der Waals surface area contributed by atoms with Crippen LogP contribution in [0.15, 0.2) is 53.5 Å². The summed E-state index contributed by atoms with van der Waals surface area (Å²) in [6.45, 7) is 3.53. The second kappa shape index (κ2) is 9.60. The van der Waals surface area contributed by atoms with Crippen LogP contribution in [0.2, 0.25) is 0 Å². The van der Waals surface area contributed by atoms with Crippen LogP contribution in [0.5, 0.6) is 5.75 Å². The van der Waals surface area contributed by atoms with Gasteiger partial charge >= 0.3 is 5.69 Å². The Hall–Kier alpha value is -4.41. The smallest absolute Gasteiger partial charge is 0.306 e. The second-order valence-electron chi connectivity index (χ2n) is 6.64. The molecule has 0 aliphatic carbocycles. The maximum atomic E-state index is 13.7. The minimum absolute atomic E-state index is 0.0663. The van der Waals surface area contributed by atoms with Crippen molar-refractivity contribution in [2.75, 3.05) is 12.4 Å². The number of nitrogens with zero attached hydrogens (tertiary/aromatic N) is 4. The number of aryl methyl sites for hydroxylation is 2. The van der Waals surface area contributed by atoms with E-state index in [1.165, 1.54) is 13.2 Å². The van der Waals surface area contributed by atoms with Gasteiger partial charge in [0.2, 0.25) is 11.8 Å². The third-order valence-electron chi connectivity index (χ3n) is 4.17. The van der Waals surface area contributed by atoms with Crippen LogP contribution >= 0.6 is 0 Å². The second-order valence-corrected chi connectivity index (χ2v) is 6.64. The number of halogens is 1. The van der Waals surface area contributed by atoms with Crippen LogP contribution in [0.25, 0.3) is 0 Å². The fraction of sp³-hybridized carbons (Fsp3) is 0.143. The van der Waals surface area contributed by atoms with E-state index in [0.717, 1.165) is 12.1 Å². The summed E-state index contributed by atoms with van der Waals surface area (Å²) in [6, 6.07) is 11.3. The van der Waals surface area contributed by atoms with E-state index < -0.39 is 22.3 Å². The van der Waals surface area contributed by atoms with Gasteiger partial charge in [-0.25, -0.2) is 9.97 Å². The standard InChI is InChI=1S/C21H19FN6O4/c1-12-10-13(2)24-20(23-12)27-21(25-15-6-9-17(22)18(11-15)28(30)31)26-19(29)14-4-7-16(32-3)8-5-14/h4-11H,1-3H3,(H2,23,24,25,26,27,29). The Morgan fingerprint density at radius 2 is 1.75 bits per heavy atom. The normalized spacial score (nSPS) is 11.1. The molecule has 1 aromatic heterocycles. The van der Waals surface area contributed by atoms with Crippen LogP contribution in [-0.4, -0.2) is 33.9 Å². The van der Waals surface area contributed by atoms with Gasteiger partial charge in [-0.2, -0.15) is 9.38 Å². The van der Waals surface area contributed by atoms with Gasteiger partial charge in [0.25, 0.3) is 11.9 Å². The summed E-state index contributed by atoms with van der Waals surface area (Å²) in [7, 11) is 1.51. The largest absolute Gasteiger partial charge is 0.497 e. The van der Waals surface area contributed by atoms with Crippen LogP contribution < -0.4 is 15.4 Å². The Labute approximate surface area is 182 Å². The van der Waals surface area contributed by atoms with Gasteiger partial charge in [-0.3, -0.25) is 20.2 Å². The molecule has 0 aliphatic heterocycles. The molecule has 3 aromatic rings. The number of nitrogens with one attached hydrogen (secondary N) is 2. The lowest BCUT2D eigenvalue weighted by molar-refractivity contribution is -0.387. The summed E-state index contributed by atoms with van der Waals surface area (Å²) in [5.41, 5.74) is 1.05. The summed E-state index contributed by atoms with van der Waals surface area (Å²) in [5.74, 6) is -0.956. The van der Waals surface area contributed by atoms with Gasteiger partial charge in [0.15, 0.2) is 0 Å². The van der Waals surface area contributed by atoms with E-state index in [-0.39, 0.29) is 17.6 Å². The molecule has 0 radical (unpaired) electrons. The zero-order chi connectivity index (χ0) is 23.3. The van der Waals surface area contributed by atoms with Crippen molar-refractivity contribution in [1.82, 2.24) is 15.3 Å². The number of amides is 1. The van der Waals surface area contributed by atoms with E-state index in [1.807, 2.05) is 0 Å². The van der Waals surface area contributed by atoms with Gasteiger partial charge in [0, 0.05) is 28.7 Å². The maximum absolute atomic E-state index is 13.7. The maximum Gasteiger partial charge on any atom is 0.306 e. The van der Waals surface area contributed by atoms with Crippen molar-refractivity contribution >= 4 is 29.2 Å². The highest BCUT2D eigenvalue weighted by Gasteiger charge is 2.16. The number of hydrogen-bond donors (Lipinski definition) is 2. The Morgan fingerprint density at radius 3 is 2.34 bits per heavy atom. The van der Waals surface area contributed by atoms with E-state index in [0.29, 0.717) is 22.7 Å². The Morgan fingerprint density at radius 1 is 1.09 bits per heavy atom. The Bertz CT molecular complexity index is 1180. The molecule has 0 spiro atoms. The van der Waals surface area contributed by atoms with Gasteiger partial charge < -0.3 is 10.1 Å². The molecule has 164 valence electrons. The van der Waals surface area contributed by atoms with Gasteiger partial charge in [-0.05, 0) is 56.3 Å². The summed E-state index contributed by atoms with van der Waals surface area (Å²) < 4.78 is 18.8. The highest BCUT2D eigenvalue weighted by molar-refractivity contribution is 6.10. The van der Waals surface area contributed by atoms with E-state index >= 15 is 0 Å². The third kappa shape index (κ3) is 5.59. The number of guanidine groups is 1. The highest BCUT2D eigenvalue weighted by Crippen LogP contribution is 2.22. The predicted molar refractivity (Wildman–Crippen MR) is 116 cm³/mol. The molecule has 0 unspecified atom stereocenters. The lowest BCUT2D eigenvalue weighted by Crippen LogP contribution is -2.36. The minimum Gasteiger partial charge on any atom is -0.497 e. The predicted octanol–water partition coefficient (Wildman–Crippen LogP) is 3.68. The monoisotopic (exact) mass is 438 g/mol. The lowest BCUT2D eigenvalue weighted by atomic mass is 10.2. The molecule has 0 fully saturated rings. The molecule has 2 aromatic carbocycles. The molecule has 1 amide bonds. The first-order valence-corrected chi connectivity index (χ1v) is 9.32. The number of aromatic nitrogens is 2. The molecule has 2 N–H and O–H groups in total. The zero-order valence-corrected chi connectivity index (χ0v) is 17.4. The first-order valence-electron chi connectivity index (χ1n) is 9.32. The summed E-state index contributed by atoms with van der Waals surface area (Å²) in [6.07, 6.45) is 0. The number of hydrogen-bond acceptors (Lipinski definition) is 7. The van der Waals surface area contributed by atoms with Crippen molar-refractivity contribution in [2.24, 2.45) is 4.99 Å². The van der Waals surface area contributed by atoms with Crippen LogP contribution in [0, 0.1) is 29.8 Å². The molecule has 1 heterocycles. The lowest BCUT2D eigenvalue weighted by Gasteiger charge is -2.12. The molecule has 0 bridgehead atoms. The summed E-state index contributed by atoms with van der Waals surface area (Å²) >= 11 is 0. The fourth-order valence-corrected chi connectivity index (χ4v) is 2.73. The number of benzene rings is 2. The van der Waals surface area contributed by atoms with Gasteiger partial charge in [-0.1, -0.05) is 0 Å². The van der Waals surface area contributed by atoms with E-state index in [4.69, 9.17) is 4.74 Å². The first-order chi connectivity index (χ1) is 15.2. The molecule has 0 aliphatic rings. The van der Waals surface area contributed by atoms with E-state index in [9.17, 15) is 19.3 Å². The van der Waals surface area contributed by atoms with Crippen LogP contribution in [0.4, 0.5) is 21.7 Å². The number of nitro groups is 1. The van der Waals surface area contributed by atoms with Crippen LogP contribution in [0.3, 0.4) is 0 Å². The molecular weight excluding hydrogens is 419 g/mol. The molecule has 0 saturated heterocycles. The molecule has 11 heteroatoms. The topological polar surface area (TPSA) is 132 Å². The molecular formula is C21H19FN6O4. The van der Waals surface area contributed by atoms with Gasteiger partial charge in [-0.15, -0.1) is 0 Å². The van der Waals surface area contributed by atoms with Crippen molar-refractivity contribution in [3.05, 3.63) is 81.4 Å².